The number of hydrogen-bond acceptors (Lipinski definition) is 4. The molecule has 0 aromatic carbocycles. The minimum absolute atomic E-state index is 0.587. The second-order valence-corrected chi connectivity index (χ2v) is 5.55. The van der Waals surface area contributed by atoms with Gasteiger partial charge >= 0.3 is 0 Å². The van der Waals surface area contributed by atoms with Crippen LogP contribution in [-0.2, 0) is 6.54 Å². The first-order valence-corrected chi connectivity index (χ1v) is 6.21. The van der Waals surface area contributed by atoms with Crippen LogP contribution in [0, 0.1) is 19.8 Å². The van der Waals surface area contributed by atoms with Gasteiger partial charge in [-0.05, 0) is 19.8 Å². The van der Waals surface area contributed by atoms with Gasteiger partial charge in [0, 0.05) is 6.54 Å². The van der Waals surface area contributed by atoms with Gasteiger partial charge in [-0.2, -0.15) is 0 Å². The summed E-state index contributed by atoms with van der Waals surface area (Å²) in [4.78, 5) is 5.56. The highest BCUT2D eigenvalue weighted by molar-refractivity contribution is 7.15. The van der Waals surface area contributed by atoms with E-state index in [-0.39, 0.29) is 0 Å². The van der Waals surface area contributed by atoms with Crippen molar-refractivity contribution in [2.24, 2.45) is 5.92 Å². The van der Waals surface area contributed by atoms with E-state index in [1.54, 1.807) is 17.7 Å². The summed E-state index contributed by atoms with van der Waals surface area (Å²) < 4.78 is 2.10. The summed E-state index contributed by atoms with van der Waals surface area (Å²) in [5, 5.41) is 9.27. The molecular formula is C11H16N4S. The normalized spacial score (nSPS) is 11.3. The number of hydrogen-bond donors (Lipinski definition) is 0. The fourth-order valence-corrected chi connectivity index (χ4v) is 2.62. The lowest BCUT2D eigenvalue weighted by Gasteiger charge is -2.07. The van der Waals surface area contributed by atoms with Gasteiger partial charge in [0.05, 0.1) is 15.6 Å². The monoisotopic (exact) mass is 236 g/mol. The van der Waals surface area contributed by atoms with Gasteiger partial charge in [0.15, 0.2) is 5.82 Å². The molecule has 16 heavy (non-hydrogen) atoms. The van der Waals surface area contributed by atoms with Crippen LogP contribution in [-0.4, -0.2) is 19.7 Å². The van der Waals surface area contributed by atoms with Crippen molar-refractivity contribution < 1.29 is 0 Å². The number of rotatable bonds is 3. The average molecular weight is 236 g/mol. The zero-order valence-electron chi connectivity index (χ0n) is 10.1. The molecule has 0 radical (unpaired) electrons. The lowest BCUT2D eigenvalue weighted by atomic mass is 10.2. The SMILES string of the molecule is Cc1nc(C)c(-c2nncn2CC(C)C)s1. The molecule has 0 unspecified atom stereocenters. The van der Waals surface area contributed by atoms with Gasteiger partial charge in [0.1, 0.15) is 6.33 Å². The van der Waals surface area contributed by atoms with E-state index in [1.165, 1.54) is 0 Å². The maximum Gasteiger partial charge on any atom is 0.175 e. The van der Waals surface area contributed by atoms with Gasteiger partial charge in [0.25, 0.3) is 0 Å². The zero-order valence-corrected chi connectivity index (χ0v) is 10.9. The molecule has 2 aromatic heterocycles. The molecule has 5 heteroatoms. The Labute approximate surface area is 99.4 Å². The van der Waals surface area contributed by atoms with Crippen molar-refractivity contribution in [3.05, 3.63) is 17.0 Å². The van der Waals surface area contributed by atoms with E-state index in [1.807, 2.05) is 13.8 Å². The Bertz CT molecular complexity index is 484. The third-order valence-corrected chi connectivity index (χ3v) is 3.35. The summed E-state index contributed by atoms with van der Waals surface area (Å²) in [7, 11) is 0. The first kappa shape index (κ1) is 11.3. The molecule has 0 spiro atoms. The van der Waals surface area contributed by atoms with Crippen LogP contribution < -0.4 is 0 Å². The Kier molecular flexibility index (Phi) is 3.05. The Morgan fingerprint density at radius 2 is 2.12 bits per heavy atom. The number of aromatic nitrogens is 4. The first-order valence-electron chi connectivity index (χ1n) is 5.40. The summed E-state index contributed by atoms with van der Waals surface area (Å²) in [5.74, 6) is 1.53. The Hall–Kier alpha value is -1.23. The topological polar surface area (TPSA) is 43.6 Å². The van der Waals surface area contributed by atoms with E-state index in [0.29, 0.717) is 5.92 Å². The van der Waals surface area contributed by atoms with Gasteiger partial charge in [-0.1, -0.05) is 13.8 Å². The summed E-state index contributed by atoms with van der Waals surface area (Å²) in [6.45, 7) is 9.36. The Morgan fingerprint density at radius 1 is 1.38 bits per heavy atom. The lowest BCUT2D eigenvalue weighted by molar-refractivity contribution is 0.525. The molecule has 0 saturated heterocycles. The smallest absolute Gasteiger partial charge is 0.175 e. The molecule has 86 valence electrons. The fourth-order valence-electron chi connectivity index (χ4n) is 1.70. The molecule has 0 amide bonds. The van der Waals surface area contributed by atoms with Gasteiger partial charge in [-0.15, -0.1) is 21.5 Å². The lowest BCUT2D eigenvalue weighted by Crippen LogP contribution is -2.04. The highest BCUT2D eigenvalue weighted by atomic mass is 32.1. The summed E-state index contributed by atoms with van der Waals surface area (Å²) in [6, 6.07) is 0. The third kappa shape index (κ3) is 2.14. The van der Waals surface area contributed by atoms with Crippen LogP contribution in [0.2, 0.25) is 0 Å². The summed E-state index contributed by atoms with van der Waals surface area (Å²) >= 11 is 1.68. The van der Waals surface area contributed by atoms with Gasteiger partial charge < -0.3 is 4.57 Å². The molecule has 2 rings (SSSR count). The number of nitrogens with zero attached hydrogens (tertiary/aromatic N) is 4. The molecule has 0 atom stereocenters. The van der Waals surface area contributed by atoms with Crippen molar-refractivity contribution >= 4 is 11.3 Å². The predicted octanol–water partition coefficient (Wildman–Crippen LogP) is 2.67. The van der Waals surface area contributed by atoms with Crippen LogP contribution in [0.15, 0.2) is 6.33 Å². The second kappa shape index (κ2) is 4.33. The first-order chi connectivity index (χ1) is 7.58. The molecule has 2 heterocycles. The van der Waals surface area contributed by atoms with Crippen molar-refractivity contribution in [2.45, 2.75) is 34.2 Å². The predicted molar refractivity (Wildman–Crippen MR) is 65.4 cm³/mol. The van der Waals surface area contributed by atoms with E-state index >= 15 is 0 Å². The van der Waals surface area contributed by atoms with Gasteiger partial charge in [-0.3, -0.25) is 0 Å². The molecule has 4 nitrogen and oxygen atoms in total. The van der Waals surface area contributed by atoms with Crippen LogP contribution >= 0.6 is 11.3 Å². The van der Waals surface area contributed by atoms with Crippen molar-refractivity contribution in [1.82, 2.24) is 19.7 Å². The van der Waals surface area contributed by atoms with E-state index in [0.717, 1.165) is 27.9 Å². The third-order valence-electron chi connectivity index (χ3n) is 2.28. The van der Waals surface area contributed by atoms with Crippen LogP contribution in [0.1, 0.15) is 24.5 Å². The molecule has 0 N–H and O–H groups in total. The largest absolute Gasteiger partial charge is 0.313 e. The quantitative estimate of drug-likeness (QED) is 0.823. The molecule has 0 saturated carbocycles. The number of aryl methyl sites for hydroxylation is 2. The van der Waals surface area contributed by atoms with Crippen molar-refractivity contribution in [2.75, 3.05) is 0 Å². The number of thiazole rings is 1. The zero-order chi connectivity index (χ0) is 11.7. The van der Waals surface area contributed by atoms with Crippen LogP contribution in [0.4, 0.5) is 0 Å². The van der Waals surface area contributed by atoms with Gasteiger partial charge in [0.2, 0.25) is 0 Å². The van der Waals surface area contributed by atoms with Crippen LogP contribution in [0.25, 0.3) is 10.7 Å². The average Bonchev–Trinajstić information content (AvgIpc) is 2.72. The summed E-state index contributed by atoms with van der Waals surface area (Å²) in [5.41, 5.74) is 1.04. The molecule has 0 bridgehead atoms. The van der Waals surface area contributed by atoms with Crippen LogP contribution in [0.5, 0.6) is 0 Å². The van der Waals surface area contributed by atoms with E-state index in [2.05, 4.69) is 33.6 Å². The molecule has 0 fully saturated rings. The van der Waals surface area contributed by atoms with Crippen molar-refractivity contribution in [1.29, 1.82) is 0 Å². The molecule has 0 aliphatic rings. The summed E-state index contributed by atoms with van der Waals surface area (Å²) in [6.07, 6.45) is 1.80. The van der Waals surface area contributed by atoms with E-state index in [9.17, 15) is 0 Å². The Balaban J connectivity index is 2.40. The van der Waals surface area contributed by atoms with Crippen molar-refractivity contribution in [3.63, 3.8) is 0 Å². The van der Waals surface area contributed by atoms with E-state index < -0.39 is 0 Å². The molecule has 0 aliphatic carbocycles. The van der Waals surface area contributed by atoms with E-state index in [4.69, 9.17) is 0 Å². The minimum atomic E-state index is 0.587. The fraction of sp³-hybridized carbons (Fsp3) is 0.545. The van der Waals surface area contributed by atoms with Crippen molar-refractivity contribution in [3.8, 4) is 10.7 Å². The standard InChI is InChI=1S/C11H16N4S/c1-7(2)5-15-6-12-14-11(15)10-8(3)13-9(4)16-10/h6-7H,5H2,1-4H3. The molecule has 0 aliphatic heterocycles. The van der Waals surface area contributed by atoms with Crippen LogP contribution in [0.3, 0.4) is 0 Å². The highest BCUT2D eigenvalue weighted by Crippen LogP contribution is 2.28. The molecular weight excluding hydrogens is 220 g/mol. The highest BCUT2D eigenvalue weighted by Gasteiger charge is 2.14. The van der Waals surface area contributed by atoms with Gasteiger partial charge in [-0.25, -0.2) is 4.98 Å². The second-order valence-electron chi connectivity index (χ2n) is 4.35. The minimum Gasteiger partial charge on any atom is -0.313 e. The maximum atomic E-state index is 4.42. The maximum absolute atomic E-state index is 4.42. The molecule has 2 aromatic rings. The Morgan fingerprint density at radius 3 is 2.69 bits per heavy atom.